The van der Waals surface area contributed by atoms with E-state index in [1.54, 1.807) is 27.7 Å². The average molecular weight is 663 g/mol. The second kappa shape index (κ2) is 13.3. The number of Topliss-reactive ketones (excluding diaryl/α,β-unsaturated/α-hetero) is 2. The van der Waals surface area contributed by atoms with Crippen LogP contribution in [0.2, 0.25) is 0 Å². The molecule has 0 saturated carbocycles. The summed E-state index contributed by atoms with van der Waals surface area (Å²) in [5, 5.41) is 2.60. The molecule has 2 heterocycles. The highest BCUT2D eigenvalue weighted by atomic mass is 32.3. The fraction of sp³-hybridized carbons (Fsp3) is 0.806. The molecule has 0 saturated heterocycles. The van der Waals surface area contributed by atoms with Crippen LogP contribution in [0.4, 0.5) is 0 Å². The van der Waals surface area contributed by atoms with Crippen LogP contribution in [0.15, 0.2) is 14.5 Å². The molecule has 2 unspecified atom stereocenters. The Bertz CT molecular complexity index is 1400. The van der Waals surface area contributed by atoms with Gasteiger partial charge in [0.2, 0.25) is 0 Å². The van der Waals surface area contributed by atoms with E-state index in [4.69, 9.17) is 4.74 Å². The smallest absolute Gasteiger partial charge is 0.251 e. The molecular weight excluding hydrogens is 609 g/mol. The number of sulfone groups is 1. The van der Waals surface area contributed by atoms with E-state index >= 15 is 0 Å². The largest absolute Gasteiger partial charge is 0.357 e. The normalized spacial score (nSPS) is 22.7. The number of carbonyl (C=O) groups is 2. The van der Waals surface area contributed by atoms with Crippen molar-refractivity contribution >= 4 is 42.8 Å². The van der Waals surface area contributed by atoms with Gasteiger partial charge in [0, 0.05) is 17.0 Å². The molecule has 0 radical (unpaired) electrons. The third kappa shape index (κ3) is 7.98. The van der Waals surface area contributed by atoms with Gasteiger partial charge < -0.3 is 10.1 Å². The summed E-state index contributed by atoms with van der Waals surface area (Å²) in [6, 6.07) is 1.12. The van der Waals surface area contributed by atoms with E-state index in [1.165, 1.54) is 13.0 Å². The van der Waals surface area contributed by atoms with Gasteiger partial charge in [0.05, 0.1) is 10.8 Å². The minimum absolute atomic E-state index is 0.0462. The van der Waals surface area contributed by atoms with Gasteiger partial charge in [0.1, 0.15) is 20.1 Å². The van der Waals surface area contributed by atoms with Crippen molar-refractivity contribution in [3.63, 3.8) is 0 Å². The van der Waals surface area contributed by atoms with Gasteiger partial charge in [-0.25, -0.2) is 16.8 Å². The summed E-state index contributed by atoms with van der Waals surface area (Å²) in [7, 11) is -7.97. The fourth-order valence-electron chi connectivity index (χ4n) is 6.12. The first kappa shape index (κ1) is 38.0. The van der Waals surface area contributed by atoms with Crippen LogP contribution in [0.25, 0.3) is 0 Å². The lowest BCUT2D eigenvalue weighted by Crippen LogP contribution is -2.57. The summed E-state index contributed by atoms with van der Waals surface area (Å²) < 4.78 is 62.2. The SMILES string of the molecule is CCN[C@H]1C[C@H](C)S(=O)(=O)c2sc(S(=O)(=O)NC(C)(CC)C(=O)[C@H](C)OC(C)(CC)C(=O)C(C)(C)CC(C)(C)CC)cc21. The van der Waals surface area contributed by atoms with E-state index in [9.17, 15) is 26.4 Å². The zero-order chi connectivity index (χ0) is 33.4. The first-order valence-corrected chi connectivity index (χ1v) is 19.2. The van der Waals surface area contributed by atoms with Crippen molar-refractivity contribution in [2.75, 3.05) is 6.54 Å². The molecule has 1 aromatic heterocycles. The van der Waals surface area contributed by atoms with Gasteiger partial charge in [-0.2, -0.15) is 4.72 Å². The van der Waals surface area contributed by atoms with Crippen LogP contribution in [-0.4, -0.2) is 57.4 Å². The Morgan fingerprint density at radius 2 is 1.63 bits per heavy atom. The minimum atomic E-state index is -4.29. The zero-order valence-electron chi connectivity index (χ0n) is 28.1. The number of rotatable bonds is 16. The highest BCUT2D eigenvalue weighted by Crippen LogP contribution is 2.43. The van der Waals surface area contributed by atoms with Crippen LogP contribution >= 0.6 is 11.3 Å². The number of ketones is 2. The molecule has 5 atom stereocenters. The van der Waals surface area contributed by atoms with E-state index in [2.05, 4.69) is 30.8 Å². The van der Waals surface area contributed by atoms with E-state index in [0.29, 0.717) is 42.7 Å². The predicted octanol–water partition coefficient (Wildman–Crippen LogP) is 5.98. The maximum Gasteiger partial charge on any atom is 0.251 e. The zero-order valence-corrected chi connectivity index (χ0v) is 30.6. The number of sulfonamides is 1. The highest BCUT2D eigenvalue weighted by molar-refractivity contribution is 7.95. The Hall–Kier alpha value is -1.18. The molecule has 12 heteroatoms. The summed E-state index contributed by atoms with van der Waals surface area (Å²) in [5.74, 6) is -0.608. The van der Waals surface area contributed by atoms with Crippen LogP contribution in [0, 0.1) is 10.8 Å². The molecule has 1 aliphatic rings. The van der Waals surface area contributed by atoms with E-state index in [1.807, 2.05) is 27.7 Å². The van der Waals surface area contributed by atoms with Crippen molar-refractivity contribution in [1.29, 1.82) is 0 Å². The highest BCUT2D eigenvalue weighted by Gasteiger charge is 2.48. The van der Waals surface area contributed by atoms with Crippen molar-refractivity contribution in [3.8, 4) is 0 Å². The van der Waals surface area contributed by atoms with Crippen LogP contribution in [0.5, 0.6) is 0 Å². The molecule has 2 rings (SSSR count). The summed E-state index contributed by atoms with van der Waals surface area (Å²) >= 11 is 0.715. The number of carbonyl (C=O) groups excluding carboxylic acids is 2. The maximum absolute atomic E-state index is 13.9. The predicted molar refractivity (Wildman–Crippen MR) is 173 cm³/mol. The standard InChI is InChI=1S/C31H54N2O7S3/c1-13-28(7,8)19-29(9,10)27(35)31(12,15-3)40-21(6)25(34)30(11,14-2)33-43(38,39)24-18-22-23(32-16-4)17-20(5)42(36,37)26(22)41-24/h18,20-21,23,32-33H,13-17,19H2,1-12H3/t20-,21-,23-,30?,31?/m0/s1. The topological polar surface area (TPSA) is 136 Å². The lowest BCUT2D eigenvalue weighted by atomic mass is 9.68. The van der Waals surface area contributed by atoms with Crippen molar-refractivity contribution in [2.45, 2.75) is 152 Å². The molecule has 0 aliphatic carbocycles. The van der Waals surface area contributed by atoms with Gasteiger partial charge in [-0.15, -0.1) is 11.3 Å². The fourth-order valence-corrected chi connectivity index (χ4v) is 11.6. The van der Waals surface area contributed by atoms with Gasteiger partial charge in [-0.05, 0) is 71.4 Å². The van der Waals surface area contributed by atoms with Crippen LogP contribution in [0.3, 0.4) is 0 Å². The molecule has 248 valence electrons. The monoisotopic (exact) mass is 662 g/mol. The first-order chi connectivity index (χ1) is 19.5. The lowest BCUT2D eigenvalue weighted by Gasteiger charge is -2.41. The molecule has 0 spiro atoms. The van der Waals surface area contributed by atoms with Gasteiger partial charge in [0.25, 0.3) is 10.0 Å². The van der Waals surface area contributed by atoms with Gasteiger partial charge in [-0.3, -0.25) is 9.59 Å². The maximum atomic E-state index is 13.9. The molecule has 0 amide bonds. The Labute approximate surface area is 264 Å². The Balaban J connectivity index is 2.38. The molecule has 1 aromatic rings. The summed E-state index contributed by atoms with van der Waals surface area (Å²) in [4.78, 5) is 27.7. The average Bonchev–Trinajstić information content (AvgIpc) is 3.38. The van der Waals surface area contributed by atoms with E-state index in [0.717, 1.165) is 6.42 Å². The molecule has 0 aromatic carbocycles. The Morgan fingerprint density at radius 1 is 1.05 bits per heavy atom. The molecular formula is C31H54N2O7S3. The van der Waals surface area contributed by atoms with Crippen molar-refractivity contribution < 1.29 is 31.2 Å². The van der Waals surface area contributed by atoms with Crippen LogP contribution in [0.1, 0.15) is 127 Å². The van der Waals surface area contributed by atoms with Gasteiger partial charge >= 0.3 is 0 Å². The Kier molecular flexibility index (Phi) is 11.7. The second-order valence-electron chi connectivity index (χ2n) is 13.9. The minimum Gasteiger partial charge on any atom is -0.357 e. The third-order valence-corrected chi connectivity index (χ3v) is 15.2. The molecule has 0 fully saturated rings. The molecule has 2 N–H and O–H groups in total. The molecule has 43 heavy (non-hydrogen) atoms. The molecule has 1 aliphatic heterocycles. The number of nitrogens with one attached hydrogen (secondary N) is 2. The molecule has 9 nitrogen and oxygen atoms in total. The Morgan fingerprint density at radius 3 is 2.12 bits per heavy atom. The van der Waals surface area contributed by atoms with Crippen LogP contribution < -0.4 is 10.0 Å². The van der Waals surface area contributed by atoms with Crippen molar-refractivity contribution in [3.05, 3.63) is 11.6 Å². The number of hydrogen-bond acceptors (Lipinski definition) is 9. The van der Waals surface area contributed by atoms with Gasteiger partial charge in [0.15, 0.2) is 21.4 Å². The number of fused-ring (bicyclic) bond motifs is 1. The second-order valence-corrected chi connectivity index (χ2v) is 19.4. The number of thiophene rings is 1. The summed E-state index contributed by atoms with van der Waals surface area (Å²) in [5.41, 5.74) is -3.14. The lowest BCUT2D eigenvalue weighted by molar-refractivity contribution is -0.166. The van der Waals surface area contributed by atoms with Crippen molar-refractivity contribution in [1.82, 2.24) is 10.0 Å². The quantitative estimate of drug-likeness (QED) is 0.221. The first-order valence-electron chi connectivity index (χ1n) is 15.4. The van der Waals surface area contributed by atoms with E-state index in [-0.39, 0.29) is 32.1 Å². The van der Waals surface area contributed by atoms with E-state index < -0.39 is 53.6 Å². The number of hydrogen-bond donors (Lipinski definition) is 2. The third-order valence-electron chi connectivity index (χ3n) is 9.21. The number of ether oxygens (including phenoxy) is 1. The van der Waals surface area contributed by atoms with Crippen molar-refractivity contribution in [2.24, 2.45) is 10.8 Å². The van der Waals surface area contributed by atoms with Crippen LogP contribution in [-0.2, 0) is 34.2 Å². The van der Waals surface area contributed by atoms with Gasteiger partial charge in [-0.1, -0.05) is 61.8 Å². The summed E-state index contributed by atoms with van der Waals surface area (Å²) in [6.07, 6.45) is 1.27. The summed E-state index contributed by atoms with van der Waals surface area (Å²) in [6.45, 7) is 22.6. The molecule has 0 bridgehead atoms.